The monoisotopic (exact) mass is 584 g/mol. The average molecular weight is 586 g/mol. The number of rotatable bonds is 5. The first-order valence-corrected chi connectivity index (χ1v) is 15.6. The summed E-state index contributed by atoms with van der Waals surface area (Å²) in [5.41, 5.74) is 3.28. The standard InChI is InChI=1S/C30H30Cl2N2O4S/c31-23-8-6-21(7-9-23)29(35)33-39(36,37)25-11-13-28-27(16-25)34(17-20-3-1-4-20)18-30(19-38-28)14-2-5-22-15-24(32)10-12-26(22)30/h6-13,15-16,20H,1-5,14,17-19H2,(H,33,35). The molecule has 204 valence electrons. The van der Waals surface area contributed by atoms with Crippen LogP contribution in [0.4, 0.5) is 5.69 Å². The molecule has 1 heterocycles. The van der Waals surface area contributed by atoms with E-state index < -0.39 is 15.9 Å². The fourth-order valence-electron chi connectivity index (χ4n) is 6.09. The van der Waals surface area contributed by atoms with Crippen LogP contribution in [0.15, 0.2) is 65.6 Å². The van der Waals surface area contributed by atoms with Gasteiger partial charge in [-0.05, 0) is 104 Å². The Morgan fingerprint density at radius 1 is 1.00 bits per heavy atom. The molecule has 9 heteroatoms. The molecule has 6 nitrogen and oxygen atoms in total. The van der Waals surface area contributed by atoms with E-state index >= 15 is 0 Å². The maximum Gasteiger partial charge on any atom is 0.264 e. The Morgan fingerprint density at radius 3 is 2.51 bits per heavy atom. The predicted molar refractivity (Wildman–Crippen MR) is 154 cm³/mol. The number of hydrogen-bond donors (Lipinski definition) is 1. The molecule has 1 N–H and O–H groups in total. The molecule has 3 aliphatic rings. The van der Waals surface area contributed by atoms with Gasteiger partial charge in [-0.25, -0.2) is 13.1 Å². The summed E-state index contributed by atoms with van der Waals surface area (Å²) in [6, 6.07) is 17.1. The number of ether oxygens (including phenoxy) is 1. The first-order valence-electron chi connectivity index (χ1n) is 13.4. The third-order valence-electron chi connectivity index (χ3n) is 8.36. The number of sulfonamides is 1. The topological polar surface area (TPSA) is 75.7 Å². The Kier molecular flexibility index (Phi) is 7.02. The minimum atomic E-state index is -4.12. The van der Waals surface area contributed by atoms with E-state index in [1.165, 1.54) is 48.6 Å². The van der Waals surface area contributed by atoms with E-state index in [9.17, 15) is 13.2 Å². The molecule has 1 unspecified atom stereocenters. The van der Waals surface area contributed by atoms with Crippen molar-refractivity contribution in [2.45, 2.75) is 48.8 Å². The lowest BCUT2D eigenvalue weighted by Crippen LogP contribution is -2.47. The van der Waals surface area contributed by atoms with Crippen LogP contribution in [0.1, 0.15) is 53.6 Å². The van der Waals surface area contributed by atoms with Crippen molar-refractivity contribution in [3.63, 3.8) is 0 Å². The van der Waals surface area contributed by atoms with Gasteiger partial charge in [-0.15, -0.1) is 0 Å². The molecule has 1 amide bonds. The van der Waals surface area contributed by atoms with E-state index in [2.05, 4.69) is 21.8 Å². The molecule has 6 rings (SSSR count). The van der Waals surface area contributed by atoms with Gasteiger partial charge < -0.3 is 9.64 Å². The van der Waals surface area contributed by atoms with Crippen molar-refractivity contribution in [1.82, 2.24) is 4.72 Å². The van der Waals surface area contributed by atoms with Gasteiger partial charge in [-0.3, -0.25) is 4.79 Å². The quantitative estimate of drug-likeness (QED) is 0.376. The second-order valence-corrected chi connectivity index (χ2v) is 13.5. The summed E-state index contributed by atoms with van der Waals surface area (Å²) in [5, 5.41) is 1.21. The third kappa shape index (κ3) is 5.24. The number of fused-ring (bicyclic) bond motifs is 3. The van der Waals surface area contributed by atoms with Crippen LogP contribution in [0.3, 0.4) is 0 Å². The van der Waals surface area contributed by atoms with Crippen molar-refractivity contribution >= 4 is 44.8 Å². The summed E-state index contributed by atoms with van der Waals surface area (Å²) >= 11 is 12.2. The van der Waals surface area contributed by atoms with Gasteiger partial charge in [0.2, 0.25) is 0 Å². The van der Waals surface area contributed by atoms with Crippen LogP contribution in [0.5, 0.6) is 5.75 Å². The zero-order valence-electron chi connectivity index (χ0n) is 21.5. The highest BCUT2D eigenvalue weighted by molar-refractivity contribution is 7.90. The highest BCUT2D eigenvalue weighted by atomic mass is 35.5. The van der Waals surface area contributed by atoms with Crippen molar-refractivity contribution in [2.75, 3.05) is 24.6 Å². The number of carbonyl (C=O) groups excluding carboxylic acids is 1. The molecule has 0 bridgehead atoms. The summed E-state index contributed by atoms with van der Waals surface area (Å²) < 4.78 is 35.3. The lowest BCUT2D eigenvalue weighted by molar-refractivity contribution is 0.0981. The molecule has 1 spiro atoms. The van der Waals surface area contributed by atoms with E-state index in [0.717, 1.165) is 43.1 Å². The zero-order chi connectivity index (χ0) is 27.2. The Hall–Kier alpha value is -2.74. The Bertz CT molecular complexity index is 1520. The normalized spacial score (nSPS) is 20.8. The molecule has 3 aromatic rings. The van der Waals surface area contributed by atoms with Crippen LogP contribution in [0, 0.1) is 5.92 Å². The van der Waals surface area contributed by atoms with Crippen molar-refractivity contribution in [3.05, 3.63) is 87.4 Å². The maximum atomic E-state index is 13.3. The van der Waals surface area contributed by atoms with Gasteiger partial charge in [-0.1, -0.05) is 35.7 Å². The van der Waals surface area contributed by atoms with Crippen molar-refractivity contribution < 1.29 is 17.9 Å². The number of nitrogens with zero attached hydrogens (tertiary/aromatic N) is 1. The molecule has 1 saturated carbocycles. The predicted octanol–water partition coefficient (Wildman–Crippen LogP) is 6.39. The molecule has 0 radical (unpaired) electrons. The highest BCUT2D eigenvalue weighted by Gasteiger charge is 2.42. The molecule has 2 aliphatic carbocycles. The second kappa shape index (κ2) is 10.3. The van der Waals surface area contributed by atoms with Gasteiger partial charge in [0.15, 0.2) is 0 Å². The molecule has 1 aliphatic heterocycles. The molecule has 3 aromatic carbocycles. The number of carbonyl (C=O) groups is 1. The number of benzene rings is 3. The lowest BCUT2D eigenvalue weighted by atomic mass is 9.70. The highest BCUT2D eigenvalue weighted by Crippen LogP contribution is 2.45. The molecule has 0 aromatic heterocycles. The van der Waals surface area contributed by atoms with Crippen LogP contribution >= 0.6 is 23.2 Å². The van der Waals surface area contributed by atoms with Gasteiger partial charge in [0.1, 0.15) is 5.75 Å². The van der Waals surface area contributed by atoms with Crippen molar-refractivity contribution in [1.29, 1.82) is 0 Å². The molecular weight excluding hydrogens is 555 g/mol. The van der Waals surface area contributed by atoms with Gasteiger partial charge in [0.25, 0.3) is 15.9 Å². The summed E-state index contributed by atoms with van der Waals surface area (Å²) in [6.07, 6.45) is 6.57. The van der Waals surface area contributed by atoms with Crippen molar-refractivity contribution in [2.24, 2.45) is 5.92 Å². The van der Waals surface area contributed by atoms with E-state index in [0.29, 0.717) is 23.3 Å². The lowest BCUT2D eigenvalue weighted by Gasteiger charge is -2.42. The molecule has 1 fully saturated rings. The van der Waals surface area contributed by atoms with Crippen LogP contribution in [0.2, 0.25) is 10.0 Å². The summed E-state index contributed by atoms with van der Waals surface area (Å²) in [7, 11) is -4.12. The minimum Gasteiger partial charge on any atom is -0.490 e. The molecule has 1 atom stereocenters. The summed E-state index contributed by atoms with van der Waals surface area (Å²) in [4.78, 5) is 15.1. The van der Waals surface area contributed by atoms with Crippen molar-refractivity contribution in [3.8, 4) is 5.75 Å². The van der Waals surface area contributed by atoms with E-state index in [1.54, 1.807) is 24.3 Å². The van der Waals surface area contributed by atoms with Crippen LogP contribution < -0.4 is 14.4 Å². The Balaban J connectivity index is 1.34. The minimum absolute atomic E-state index is 0.0255. The zero-order valence-corrected chi connectivity index (χ0v) is 23.8. The fraction of sp³-hybridized carbons (Fsp3) is 0.367. The van der Waals surface area contributed by atoms with E-state index in [-0.39, 0.29) is 15.9 Å². The number of anilines is 1. The number of halogens is 2. The largest absolute Gasteiger partial charge is 0.490 e. The van der Waals surface area contributed by atoms with E-state index in [1.807, 2.05) is 6.07 Å². The van der Waals surface area contributed by atoms with Gasteiger partial charge in [-0.2, -0.15) is 0 Å². The van der Waals surface area contributed by atoms with Gasteiger partial charge >= 0.3 is 0 Å². The third-order valence-corrected chi connectivity index (χ3v) is 10.2. The fourth-order valence-corrected chi connectivity index (χ4v) is 7.40. The first kappa shape index (κ1) is 26.5. The Labute approximate surface area is 239 Å². The van der Waals surface area contributed by atoms with E-state index in [4.69, 9.17) is 27.9 Å². The number of amides is 1. The molecular formula is C30H30Cl2N2O4S. The molecule has 39 heavy (non-hydrogen) atoms. The van der Waals surface area contributed by atoms with Gasteiger partial charge in [0, 0.05) is 34.1 Å². The summed E-state index contributed by atoms with van der Waals surface area (Å²) in [6.45, 7) is 2.07. The smallest absolute Gasteiger partial charge is 0.264 e. The van der Waals surface area contributed by atoms with Crippen LogP contribution in [0.25, 0.3) is 0 Å². The summed E-state index contributed by atoms with van der Waals surface area (Å²) in [5.74, 6) is 0.516. The van der Waals surface area contributed by atoms with Crippen LogP contribution in [-0.2, 0) is 21.9 Å². The number of hydrogen-bond acceptors (Lipinski definition) is 5. The first-order chi connectivity index (χ1) is 18.7. The molecule has 0 saturated heterocycles. The average Bonchev–Trinajstić information content (AvgIpc) is 3.03. The number of aryl methyl sites for hydroxylation is 1. The van der Waals surface area contributed by atoms with Gasteiger partial charge in [0.05, 0.1) is 17.2 Å². The SMILES string of the molecule is O=C(NS(=O)(=O)c1ccc2c(c1)N(CC1CCC1)CC1(CCCc3cc(Cl)ccc31)CO2)c1ccc(Cl)cc1. The number of nitrogens with one attached hydrogen (secondary N) is 1. The maximum absolute atomic E-state index is 13.3. The second-order valence-electron chi connectivity index (χ2n) is 11.0. The Morgan fingerprint density at radius 2 is 1.77 bits per heavy atom. The van der Waals surface area contributed by atoms with Crippen LogP contribution in [-0.4, -0.2) is 34.0 Å².